The van der Waals surface area contributed by atoms with Crippen molar-refractivity contribution in [1.29, 1.82) is 0 Å². The first kappa shape index (κ1) is 23.5. The third-order valence-electron chi connectivity index (χ3n) is 3.94. The molecule has 1 unspecified atom stereocenters. The van der Waals surface area contributed by atoms with E-state index in [1.807, 2.05) is 0 Å². The second-order valence-electron chi connectivity index (χ2n) is 5.85. The van der Waals surface area contributed by atoms with Crippen molar-refractivity contribution in [3.8, 4) is 22.7 Å². The molecule has 0 radical (unpaired) electrons. The van der Waals surface area contributed by atoms with Crippen LogP contribution in [-0.2, 0) is 23.2 Å². The maximum absolute atomic E-state index is 13.0. The summed E-state index contributed by atoms with van der Waals surface area (Å²) in [6.45, 7) is 1.54. The van der Waals surface area contributed by atoms with E-state index >= 15 is 0 Å². The van der Waals surface area contributed by atoms with Crippen LogP contribution in [0.2, 0.25) is 0 Å². The highest BCUT2D eigenvalue weighted by Crippen LogP contribution is 2.35. The van der Waals surface area contributed by atoms with E-state index in [-0.39, 0.29) is 38.8 Å². The molecule has 3 rings (SSSR count). The van der Waals surface area contributed by atoms with Crippen LogP contribution < -0.4 is 0 Å². The average Bonchev–Trinajstić information content (AvgIpc) is 3.15. The molecular weight excluding hydrogens is 438 g/mol. The Kier molecular flexibility index (Phi) is 6.72. The minimum absolute atomic E-state index is 0. The normalized spacial score (nSPS) is 13.0. The van der Waals surface area contributed by atoms with Crippen LogP contribution in [0.3, 0.4) is 0 Å². The lowest BCUT2D eigenvalue weighted by atomic mass is 10.1. The number of halogens is 6. The SMILES string of the molecule is CCS(=O)c1cc(C(F)(F)F)cnc1-c1cc(-c2ccc(C(F)(F)F)cc2)on1.O. The van der Waals surface area contributed by atoms with Crippen LogP contribution in [-0.4, -0.2) is 25.6 Å². The molecular formula is C18H14F6N2O3S. The maximum Gasteiger partial charge on any atom is 0.417 e. The van der Waals surface area contributed by atoms with Gasteiger partial charge in [0.25, 0.3) is 0 Å². The molecule has 0 fully saturated rings. The van der Waals surface area contributed by atoms with Crippen LogP contribution in [0.5, 0.6) is 0 Å². The lowest BCUT2D eigenvalue weighted by molar-refractivity contribution is -0.138. The van der Waals surface area contributed by atoms with Crippen molar-refractivity contribution in [1.82, 2.24) is 10.1 Å². The van der Waals surface area contributed by atoms with Crippen LogP contribution in [0, 0.1) is 0 Å². The summed E-state index contributed by atoms with van der Waals surface area (Å²) < 4.78 is 94.2. The number of nitrogens with zero attached hydrogens (tertiary/aromatic N) is 2. The van der Waals surface area contributed by atoms with E-state index in [0.717, 1.165) is 18.2 Å². The Hall–Kier alpha value is -2.73. The monoisotopic (exact) mass is 452 g/mol. The van der Waals surface area contributed by atoms with Crippen LogP contribution >= 0.6 is 0 Å². The van der Waals surface area contributed by atoms with Gasteiger partial charge in [-0.15, -0.1) is 0 Å². The molecule has 0 saturated heterocycles. The molecule has 0 spiro atoms. The lowest BCUT2D eigenvalue weighted by Crippen LogP contribution is -2.09. The molecule has 0 aliphatic heterocycles. The molecule has 162 valence electrons. The van der Waals surface area contributed by atoms with Gasteiger partial charge in [0, 0.05) is 23.6 Å². The topological polar surface area (TPSA) is 87.5 Å². The quantitative estimate of drug-likeness (QED) is 0.535. The Morgan fingerprint density at radius 1 is 0.967 bits per heavy atom. The molecule has 2 heterocycles. The first-order valence-electron chi connectivity index (χ1n) is 8.11. The summed E-state index contributed by atoms with van der Waals surface area (Å²) >= 11 is 0. The molecule has 12 heteroatoms. The summed E-state index contributed by atoms with van der Waals surface area (Å²) in [5.41, 5.74) is -1.65. The van der Waals surface area contributed by atoms with Gasteiger partial charge in [-0.3, -0.25) is 9.19 Å². The smallest absolute Gasteiger partial charge is 0.412 e. The first-order chi connectivity index (χ1) is 13.5. The van der Waals surface area contributed by atoms with Gasteiger partial charge in [0.2, 0.25) is 0 Å². The largest absolute Gasteiger partial charge is 0.417 e. The highest BCUT2D eigenvalue weighted by atomic mass is 32.2. The van der Waals surface area contributed by atoms with Crippen molar-refractivity contribution in [3.63, 3.8) is 0 Å². The Morgan fingerprint density at radius 2 is 1.57 bits per heavy atom. The zero-order valence-electron chi connectivity index (χ0n) is 15.1. The number of aromatic nitrogens is 2. The number of pyridine rings is 1. The number of rotatable bonds is 4. The standard InChI is InChI=1S/C18H12F6N2O2S.H2O/c1-2-29(27)15-7-12(18(22,23)24)9-25-16(15)13-8-14(28-26-13)10-3-5-11(6-4-10)17(19,20)21;/h3-9H,2H2,1H3;1H2. The third-order valence-corrected chi connectivity index (χ3v) is 5.26. The van der Waals surface area contributed by atoms with Crippen molar-refractivity contribution in [2.45, 2.75) is 24.2 Å². The van der Waals surface area contributed by atoms with Crippen molar-refractivity contribution in [2.75, 3.05) is 5.75 Å². The maximum atomic E-state index is 13.0. The van der Waals surface area contributed by atoms with Crippen molar-refractivity contribution in [3.05, 3.63) is 53.7 Å². The van der Waals surface area contributed by atoms with Gasteiger partial charge in [0.15, 0.2) is 5.76 Å². The van der Waals surface area contributed by atoms with E-state index in [1.54, 1.807) is 0 Å². The van der Waals surface area contributed by atoms with E-state index in [4.69, 9.17) is 4.52 Å². The second-order valence-corrected chi connectivity index (χ2v) is 7.56. The van der Waals surface area contributed by atoms with Crippen LogP contribution in [0.15, 0.2) is 52.0 Å². The summed E-state index contributed by atoms with van der Waals surface area (Å²) in [6, 6.07) is 6.15. The van der Waals surface area contributed by atoms with Gasteiger partial charge in [-0.25, -0.2) is 0 Å². The van der Waals surface area contributed by atoms with Crippen molar-refractivity contribution >= 4 is 10.8 Å². The number of alkyl halides is 6. The Bertz CT molecular complexity index is 1050. The van der Waals surface area contributed by atoms with Crippen LogP contribution in [0.4, 0.5) is 26.3 Å². The lowest BCUT2D eigenvalue weighted by Gasteiger charge is -2.10. The first-order valence-corrected chi connectivity index (χ1v) is 9.43. The fraction of sp³-hybridized carbons (Fsp3) is 0.222. The molecule has 2 N–H and O–H groups in total. The Labute approximate surface area is 168 Å². The van der Waals surface area contributed by atoms with Gasteiger partial charge >= 0.3 is 12.4 Å². The predicted octanol–water partition coefficient (Wildman–Crippen LogP) is 4.74. The fourth-order valence-electron chi connectivity index (χ4n) is 2.47. The predicted molar refractivity (Wildman–Crippen MR) is 95.7 cm³/mol. The molecule has 3 aromatic rings. The molecule has 1 atom stereocenters. The van der Waals surface area contributed by atoms with Crippen LogP contribution in [0.1, 0.15) is 18.1 Å². The summed E-state index contributed by atoms with van der Waals surface area (Å²) in [5, 5.41) is 3.73. The van der Waals surface area contributed by atoms with Crippen LogP contribution in [0.25, 0.3) is 22.7 Å². The molecule has 0 aliphatic carbocycles. The molecule has 0 aliphatic rings. The minimum Gasteiger partial charge on any atom is -0.412 e. The van der Waals surface area contributed by atoms with Gasteiger partial charge < -0.3 is 10.00 Å². The Morgan fingerprint density at radius 3 is 2.10 bits per heavy atom. The molecule has 2 aromatic heterocycles. The van der Waals surface area contributed by atoms with Gasteiger partial charge in [-0.1, -0.05) is 24.2 Å². The number of benzene rings is 1. The van der Waals surface area contributed by atoms with Gasteiger partial charge in [-0.2, -0.15) is 26.3 Å². The van der Waals surface area contributed by atoms with E-state index in [9.17, 15) is 30.6 Å². The highest BCUT2D eigenvalue weighted by Gasteiger charge is 2.33. The molecule has 0 saturated carbocycles. The molecule has 1 aromatic carbocycles. The summed E-state index contributed by atoms with van der Waals surface area (Å²) in [4.78, 5) is 3.60. The van der Waals surface area contributed by atoms with Gasteiger partial charge in [0.05, 0.1) is 26.8 Å². The summed E-state index contributed by atoms with van der Waals surface area (Å²) in [5.74, 6) is 0.142. The van der Waals surface area contributed by atoms with Crippen molar-refractivity contribution < 1.29 is 40.6 Å². The highest BCUT2D eigenvalue weighted by molar-refractivity contribution is 7.85. The van der Waals surface area contributed by atoms with E-state index in [2.05, 4.69) is 10.1 Å². The van der Waals surface area contributed by atoms with E-state index < -0.39 is 34.3 Å². The molecule has 0 amide bonds. The molecule has 30 heavy (non-hydrogen) atoms. The third kappa shape index (κ3) is 4.87. The van der Waals surface area contributed by atoms with Gasteiger partial charge in [0.1, 0.15) is 11.4 Å². The second kappa shape index (κ2) is 8.56. The summed E-state index contributed by atoms with van der Waals surface area (Å²) in [6.07, 6.45) is -8.56. The summed E-state index contributed by atoms with van der Waals surface area (Å²) in [7, 11) is -1.77. The fourth-order valence-corrected chi connectivity index (χ4v) is 3.41. The van der Waals surface area contributed by atoms with Crippen molar-refractivity contribution in [2.24, 2.45) is 0 Å². The van der Waals surface area contributed by atoms with E-state index in [0.29, 0.717) is 6.20 Å². The molecule has 0 bridgehead atoms. The van der Waals surface area contributed by atoms with Gasteiger partial charge in [-0.05, 0) is 18.2 Å². The van der Waals surface area contributed by atoms with E-state index in [1.165, 1.54) is 25.1 Å². The molecule has 5 nitrogen and oxygen atoms in total. The zero-order valence-corrected chi connectivity index (χ0v) is 16.0. The zero-order chi connectivity index (χ0) is 21.4. The number of hydrogen-bond donors (Lipinski definition) is 0. The Balaban J connectivity index is 0.00000320. The average molecular weight is 452 g/mol. The number of hydrogen-bond acceptors (Lipinski definition) is 4. The minimum atomic E-state index is -4.66.